The van der Waals surface area contributed by atoms with Crippen molar-refractivity contribution in [1.82, 2.24) is 4.98 Å². The fourth-order valence-corrected chi connectivity index (χ4v) is 1.42. The fraction of sp³-hybridized carbons (Fsp3) is 0. The van der Waals surface area contributed by atoms with E-state index >= 15 is 0 Å². The average molecular weight is 216 g/mol. The van der Waals surface area contributed by atoms with E-state index in [2.05, 4.69) is 4.98 Å². The van der Waals surface area contributed by atoms with E-state index in [-0.39, 0.29) is 5.82 Å². The van der Waals surface area contributed by atoms with Gasteiger partial charge in [-0.15, -0.1) is 0 Å². The summed E-state index contributed by atoms with van der Waals surface area (Å²) < 4.78 is 12.7. The summed E-state index contributed by atoms with van der Waals surface area (Å²) >= 11 is 0. The van der Waals surface area contributed by atoms with Crippen molar-refractivity contribution in [2.45, 2.75) is 0 Å². The third kappa shape index (κ3) is 1.91. The minimum atomic E-state index is -0.318. The molecule has 16 heavy (non-hydrogen) atoms. The third-order valence-electron chi connectivity index (χ3n) is 2.23. The first-order valence-corrected chi connectivity index (χ1v) is 4.67. The van der Waals surface area contributed by atoms with Gasteiger partial charge in [0.1, 0.15) is 11.6 Å². The number of pyridine rings is 1. The number of nitrogens with zero attached hydrogens (tertiary/aromatic N) is 1. The number of hydrogen-bond donors (Lipinski definition) is 1. The molecule has 1 aromatic heterocycles. The van der Waals surface area contributed by atoms with Crippen molar-refractivity contribution in [2.75, 3.05) is 5.73 Å². The zero-order chi connectivity index (χ0) is 11.5. The van der Waals surface area contributed by atoms with Gasteiger partial charge in [-0.2, -0.15) is 0 Å². The van der Waals surface area contributed by atoms with Crippen LogP contribution < -0.4 is 5.73 Å². The number of hydrogen-bond acceptors (Lipinski definition) is 3. The first-order chi connectivity index (χ1) is 7.70. The number of anilines is 1. The largest absolute Gasteiger partial charge is 0.383 e. The Morgan fingerprint density at radius 3 is 2.56 bits per heavy atom. The number of halogens is 1. The minimum Gasteiger partial charge on any atom is -0.383 e. The van der Waals surface area contributed by atoms with Gasteiger partial charge in [0, 0.05) is 17.3 Å². The number of nitrogens with two attached hydrogens (primary N) is 1. The van der Waals surface area contributed by atoms with Crippen LogP contribution in [0.5, 0.6) is 0 Å². The topological polar surface area (TPSA) is 56.0 Å². The summed E-state index contributed by atoms with van der Waals surface area (Å²) in [5.74, 6) is -0.000897. The van der Waals surface area contributed by atoms with E-state index in [9.17, 15) is 9.18 Å². The molecular formula is C12H9FN2O. The average Bonchev–Trinajstić information content (AvgIpc) is 2.31. The third-order valence-corrected chi connectivity index (χ3v) is 2.23. The number of aldehydes is 1. The number of carbonyl (C=O) groups is 1. The standard InChI is InChI=1S/C12H9FN2O/c13-10-3-1-9(2-4-10)11-5-8(7-16)6-15-12(11)14/h1-7H,(H2,14,15). The van der Waals surface area contributed by atoms with Gasteiger partial charge in [0.2, 0.25) is 0 Å². The predicted octanol–water partition coefficient (Wildman–Crippen LogP) is 2.28. The molecular weight excluding hydrogens is 207 g/mol. The van der Waals surface area contributed by atoms with E-state index in [0.717, 1.165) is 5.56 Å². The highest BCUT2D eigenvalue weighted by Crippen LogP contribution is 2.24. The van der Waals surface area contributed by atoms with Gasteiger partial charge in [-0.1, -0.05) is 12.1 Å². The van der Waals surface area contributed by atoms with Crippen LogP contribution in [0.4, 0.5) is 10.2 Å². The number of rotatable bonds is 2. The molecule has 0 fully saturated rings. The van der Waals surface area contributed by atoms with Crippen LogP contribution in [0, 0.1) is 5.82 Å². The first kappa shape index (κ1) is 10.3. The number of carbonyl (C=O) groups excluding carboxylic acids is 1. The molecule has 3 nitrogen and oxygen atoms in total. The lowest BCUT2D eigenvalue weighted by Crippen LogP contribution is -1.96. The smallest absolute Gasteiger partial charge is 0.151 e. The molecule has 0 aliphatic heterocycles. The lowest BCUT2D eigenvalue weighted by Gasteiger charge is -2.05. The molecule has 2 aromatic rings. The van der Waals surface area contributed by atoms with Gasteiger partial charge in [-0.3, -0.25) is 4.79 Å². The molecule has 0 amide bonds. The highest BCUT2D eigenvalue weighted by Gasteiger charge is 2.05. The molecule has 1 heterocycles. The molecule has 1 aromatic carbocycles. The van der Waals surface area contributed by atoms with Gasteiger partial charge in [-0.25, -0.2) is 9.37 Å². The Balaban J connectivity index is 2.54. The Morgan fingerprint density at radius 1 is 1.25 bits per heavy atom. The predicted molar refractivity (Wildman–Crippen MR) is 59.4 cm³/mol. The van der Waals surface area contributed by atoms with Gasteiger partial charge in [-0.05, 0) is 23.8 Å². The second-order valence-corrected chi connectivity index (χ2v) is 3.33. The van der Waals surface area contributed by atoms with Crippen molar-refractivity contribution in [3.63, 3.8) is 0 Å². The minimum absolute atomic E-state index is 0.317. The maximum absolute atomic E-state index is 12.7. The van der Waals surface area contributed by atoms with Crippen LogP contribution in [-0.4, -0.2) is 11.3 Å². The summed E-state index contributed by atoms with van der Waals surface area (Å²) in [7, 11) is 0. The number of nitrogen functional groups attached to an aromatic ring is 1. The van der Waals surface area contributed by atoms with Crippen molar-refractivity contribution < 1.29 is 9.18 Å². The molecule has 0 aliphatic rings. The summed E-state index contributed by atoms with van der Waals surface area (Å²) in [4.78, 5) is 14.5. The second-order valence-electron chi connectivity index (χ2n) is 3.33. The summed E-state index contributed by atoms with van der Waals surface area (Å²) in [5.41, 5.74) is 7.49. The SMILES string of the molecule is Nc1ncc(C=O)cc1-c1ccc(F)cc1. The highest BCUT2D eigenvalue weighted by molar-refractivity contribution is 5.82. The summed E-state index contributed by atoms with van der Waals surface area (Å²) in [6.45, 7) is 0. The zero-order valence-electron chi connectivity index (χ0n) is 8.35. The van der Waals surface area contributed by atoms with Crippen LogP contribution in [0.2, 0.25) is 0 Å². The van der Waals surface area contributed by atoms with E-state index in [1.807, 2.05) is 0 Å². The Labute approximate surface area is 91.7 Å². The van der Waals surface area contributed by atoms with Gasteiger partial charge in [0.15, 0.2) is 6.29 Å². The summed E-state index contributed by atoms with van der Waals surface area (Å²) in [6, 6.07) is 7.49. The van der Waals surface area contributed by atoms with E-state index < -0.39 is 0 Å². The molecule has 0 spiro atoms. The van der Waals surface area contributed by atoms with E-state index in [4.69, 9.17) is 5.73 Å². The molecule has 0 unspecified atom stereocenters. The number of benzene rings is 1. The molecule has 0 bridgehead atoms. The molecule has 0 atom stereocenters. The lowest BCUT2D eigenvalue weighted by molar-refractivity contribution is 0.112. The molecule has 2 N–H and O–H groups in total. The van der Waals surface area contributed by atoms with Crippen molar-refractivity contribution in [2.24, 2.45) is 0 Å². The maximum Gasteiger partial charge on any atom is 0.151 e. The summed E-state index contributed by atoms with van der Waals surface area (Å²) in [6.07, 6.45) is 2.09. The first-order valence-electron chi connectivity index (χ1n) is 4.67. The van der Waals surface area contributed by atoms with Crippen molar-refractivity contribution in [1.29, 1.82) is 0 Å². The molecule has 0 aliphatic carbocycles. The van der Waals surface area contributed by atoms with E-state index in [1.165, 1.54) is 18.3 Å². The van der Waals surface area contributed by atoms with Crippen LogP contribution in [-0.2, 0) is 0 Å². The molecule has 4 heteroatoms. The van der Waals surface area contributed by atoms with E-state index in [1.54, 1.807) is 18.2 Å². The molecule has 0 radical (unpaired) electrons. The second kappa shape index (κ2) is 4.10. The monoisotopic (exact) mass is 216 g/mol. The van der Waals surface area contributed by atoms with Crippen LogP contribution >= 0.6 is 0 Å². The van der Waals surface area contributed by atoms with Crippen LogP contribution in [0.3, 0.4) is 0 Å². The summed E-state index contributed by atoms with van der Waals surface area (Å²) in [5, 5.41) is 0. The quantitative estimate of drug-likeness (QED) is 0.783. The van der Waals surface area contributed by atoms with Gasteiger partial charge in [0.05, 0.1) is 0 Å². The fourth-order valence-electron chi connectivity index (χ4n) is 1.42. The Morgan fingerprint density at radius 2 is 1.94 bits per heavy atom. The van der Waals surface area contributed by atoms with Crippen LogP contribution in [0.15, 0.2) is 36.5 Å². The van der Waals surface area contributed by atoms with E-state index in [0.29, 0.717) is 23.2 Å². The normalized spacial score (nSPS) is 10.1. The molecule has 80 valence electrons. The Hall–Kier alpha value is -2.23. The Bertz CT molecular complexity index is 523. The van der Waals surface area contributed by atoms with Crippen molar-refractivity contribution in [3.8, 4) is 11.1 Å². The van der Waals surface area contributed by atoms with Gasteiger partial charge in [0.25, 0.3) is 0 Å². The lowest BCUT2D eigenvalue weighted by atomic mass is 10.1. The molecule has 0 saturated carbocycles. The maximum atomic E-state index is 12.7. The van der Waals surface area contributed by atoms with Crippen LogP contribution in [0.25, 0.3) is 11.1 Å². The van der Waals surface area contributed by atoms with Crippen molar-refractivity contribution >= 4 is 12.1 Å². The van der Waals surface area contributed by atoms with Crippen molar-refractivity contribution in [3.05, 3.63) is 47.9 Å². The Kier molecular flexibility index (Phi) is 2.64. The highest BCUT2D eigenvalue weighted by atomic mass is 19.1. The molecule has 0 saturated heterocycles. The van der Waals surface area contributed by atoms with Gasteiger partial charge >= 0.3 is 0 Å². The zero-order valence-corrected chi connectivity index (χ0v) is 8.35. The van der Waals surface area contributed by atoms with Gasteiger partial charge < -0.3 is 5.73 Å². The number of aromatic nitrogens is 1. The molecule has 2 rings (SSSR count). The van der Waals surface area contributed by atoms with Crippen LogP contribution in [0.1, 0.15) is 10.4 Å².